The van der Waals surface area contributed by atoms with E-state index >= 15 is 0 Å². The van der Waals surface area contributed by atoms with Crippen molar-refractivity contribution in [2.75, 3.05) is 39.3 Å². The second-order valence-electron chi connectivity index (χ2n) is 7.56. The summed E-state index contributed by atoms with van der Waals surface area (Å²) in [7, 11) is 0. The molecule has 0 bridgehead atoms. The summed E-state index contributed by atoms with van der Waals surface area (Å²) in [5, 5.41) is 3.09. The molecule has 0 unspecified atom stereocenters. The van der Waals surface area contributed by atoms with Crippen molar-refractivity contribution in [3.63, 3.8) is 0 Å². The fourth-order valence-corrected chi connectivity index (χ4v) is 4.07. The van der Waals surface area contributed by atoms with Crippen molar-refractivity contribution in [1.82, 2.24) is 24.7 Å². The van der Waals surface area contributed by atoms with Gasteiger partial charge < -0.3 is 19.7 Å². The van der Waals surface area contributed by atoms with Crippen LogP contribution < -0.4 is 5.32 Å². The molecule has 25 heavy (non-hydrogen) atoms. The van der Waals surface area contributed by atoms with Crippen molar-refractivity contribution in [3.05, 3.63) is 18.7 Å². The van der Waals surface area contributed by atoms with E-state index in [0.29, 0.717) is 5.92 Å². The van der Waals surface area contributed by atoms with Crippen molar-refractivity contribution in [2.24, 2.45) is 5.92 Å². The number of nitrogens with zero attached hydrogens (tertiary/aromatic N) is 4. The molecule has 6 nitrogen and oxygen atoms in total. The Hall–Kier alpha value is -1.56. The zero-order valence-corrected chi connectivity index (χ0v) is 15.4. The number of piperidine rings is 1. The van der Waals surface area contributed by atoms with Crippen LogP contribution in [-0.2, 0) is 6.54 Å². The zero-order chi connectivity index (χ0) is 17.3. The van der Waals surface area contributed by atoms with Crippen LogP contribution in [-0.4, -0.2) is 64.7 Å². The maximum atomic E-state index is 12.4. The number of carbonyl (C=O) groups is 1. The lowest BCUT2D eigenvalue weighted by atomic mass is 9.97. The maximum Gasteiger partial charge on any atom is 0.317 e. The number of aromatic nitrogens is 2. The molecule has 2 amide bonds. The molecule has 0 aromatic carbocycles. The quantitative estimate of drug-likeness (QED) is 0.805. The van der Waals surface area contributed by atoms with Crippen LogP contribution in [0.4, 0.5) is 4.79 Å². The summed E-state index contributed by atoms with van der Waals surface area (Å²) in [4.78, 5) is 21.1. The molecule has 1 aromatic rings. The summed E-state index contributed by atoms with van der Waals surface area (Å²) in [5.74, 6) is 0.642. The lowest BCUT2D eigenvalue weighted by Gasteiger charge is -2.35. The number of hydrogen-bond acceptors (Lipinski definition) is 3. The van der Waals surface area contributed by atoms with E-state index in [1.165, 1.54) is 51.7 Å². The van der Waals surface area contributed by atoms with Crippen LogP contribution in [0.1, 0.15) is 44.9 Å². The summed E-state index contributed by atoms with van der Waals surface area (Å²) in [5.41, 5.74) is 0. The minimum atomic E-state index is 0.117. The Morgan fingerprint density at radius 2 is 1.96 bits per heavy atom. The van der Waals surface area contributed by atoms with E-state index in [4.69, 9.17) is 0 Å². The van der Waals surface area contributed by atoms with E-state index in [1.807, 2.05) is 22.0 Å². The van der Waals surface area contributed by atoms with Crippen molar-refractivity contribution in [1.29, 1.82) is 0 Å². The Morgan fingerprint density at radius 3 is 2.72 bits per heavy atom. The molecule has 140 valence electrons. The van der Waals surface area contributed by atoms with Crippen LogP contribution in [0.5, 0.6) is 0 Å². The standard InChI is InChI=1S/C19H33N5O/c25-19(21-8-6-12-23-14-9-20-17-23)24-13-5-7-18(16-24)15-22-10-3-1-2-4-11-22/h9,14,17-18H,1-8,10-13,15-16H2,(H,21,25)/t18-/m1/s1. The SMILES string of the molecule is O=C(NCCCn1ccnc1)N1CCC[C@H](CN2CCCCCC2)C1. The Labute approximate surface area is 151 Å². The molecule has 3 rings (SSSR count). The Morgan fingerprint density at radius 1 is 1.12 bits per heavy atom. The van der Waals surface area contributed by atoms with Gasteiger partial charge in [0.1, 0.15) is 0 Å². The molecule has 6 heteroatoms. The van der Waals surface area contributed by atoms with E-state index in [-0.39, 0.29) is 6.03 Å². The topological polar surface area (TPSA) is 53.4 Å². The highest BCUT2D eigenvalue weighted by atomic mass is 16.2. The zero-order valence-electron chi connectivity index (χ0n) is 15.4. The van der Waals surface area contributed by atoms with Gasteiger partial charge in [0.15, 0.2) is 0 Å². The summed E-state index contributed by atoms with van der Waals surface area (Å²) < 4.78 is 2.05. The maximum absolute atomic E-state index is 12.4. The van der Waals surface area contributed by atoms with Gasteiger partial charge in [-0.1, -0.05) is 12.8 Å². The second kappa shape index (κ2) is 9.80. The third-order valence-electron chi connectivity index (χ3n) is 5.45. The fourth-order valence-electron chi connectivity index (χ4n) is 4.07. The first-order valence-electron chi connectivity index (χ1n) is 10.0. The van der Waals surface area contributed by atoms with Crippen LogP contribution in [0.2, 0.25) is 0 Å². The normalized spacial score (nSPS) is 22.6. The monoisotopic (exact) mass is 347 g/mol. The van der Waals surface area contributed by atoms with Gasteiger partial charge in [-0.2, -0.15) is 0 Å². The van der Waals surface area contributed by atoms with Gasteiger partial charge in [0.05, 0.1) is 6.33 Å². The molecule has 0 spiro atoms. The van der Waals surface area contributed by atoms with E-state index < -0.39 is 0 Å². The number of aryl methyl sites for hydroxylation is 1. The number of likely N-dealkylation sites (tertiary alicyclic amines) is 2. The van der Waals surface area contributed by atoms with Gasteiger partial charge in [0.25, 0.3) is 0 Å². The predicted octanol–water partition coefficient (Wildman–Crippen LogP) is 2.57. The molecule has 2 aliphatic rings. The van der Waals surface area contributed by atoms with Gasteiger partial charge in [0, 0.05) is 45.1 Å². The van der Waals surface area contributed by atoms with Crippen molar-refractivity contribution in [2.45, 2.75) is 51.5 Å². The van der Waals surface area contributed by atoms with Gasteiger partial charge in [0.2, 0.25) is 0 Å². The number of imidazole rings is 1. The van der Waals surface area contributed by atoms with E-state index in [0.717, 1.165) is 39.0 Å². The number of rotatable bonds is 6. The molecule has 0 radical (unpaired) electrons. The summed E-state index contributed by atoms with van der Waals surface area (Å²) in [6.07, 6.45) is 14.4. The van der Waals surface area contributed by atoms with Gasteiger partial charge >= 0.3 is 6.03 Å². The van der Waals surface area contributed by atoms with Crippen LogP contribution in [0, 0.1) is 5.92 Å². The average molecular weight is 348 g/mol. The summed E-state index contributed by atoms with van der Waals surface area (Å²) >= 11 is 0. The Kier molecular flexibility index (Phi) is 7.15. The lowest BCUT2D eigenvalue weighted by Crippen LogP contribution is -2.48. The second-order valence-corrected chi connectivity index (χ2v) is 7.56. The highest BCUT2D eigenvalue weighted by Gasteiger charge is 2.25. The molecule has 2 aliphatic heterocycles. The van der Waals surface area contributed by atoms with Gasteiger partial charge in [-0.25, -0.2) is 9.78 Å². The largest absolute Gasteiger partial charge is 0.338 e. The summed E-state index contributed by atoms with van der Waals surface area (Å²) in [6, 6.07) is 0.117. The number of hydrogen-bond donors (Lipinski definition) is 1. The third-order valence-corrected chi connectivity index (χ3v) is 5.45. The Balaban J connectivity index is 1.35. The molecule has 2 fully saturated rings. The highest BCUT2D eigenvalue weighted by Crippen LogP contribution is 2.19. The van der Waals surface area contributed by atoms with Crippen molar-refractivity contribution >= 4 is 6.03 Å². The fraction of sp³-hybridized carbons (Fsp3) is 0.789. The van der Waals surface area contributed by atoms with Gasteiger partial charge in [-0.3, -0.25) is 0 Å². The minimum Gasteiger partial charge on any atom is -0.338 e. The lowest BCUT2D eigenvalue weighted by molar-refractivity contribution is 0.140. The third kappa shape index (κ3) is 6.03. The summed E-state index contributed by atoms with van der Waals surface area (Å²) in [6.45, 7) is 7.12. The predicted molar refractivity (Wildman–Crippen MR) is 99.4 cm³/mol. The molecule has 1 aromatic heterocycles. The average Bonchev–Trinajstić information content (AvgIpc) is 3.02. The molecule has 3 heterocycles. The molecule has 1 N–H and O–H groups in total. The first-order valence-corrected chi connectivity index (χ1v) is 10.0. The number of carbonyl (C=O) groups excluding carboxylic acids is 1. The minimum absolute atomic E-state index is 0.117. The van der Waals surface area contributed by atoms with Crippen molar-refractivity contribution < 1.29 is 4.79 Å². The number of nitrogens with one attached hydrogen (secondary N) is 1. The van der Waals surface area contributed by atoms with E-state index in [9.17, 15) is 4.79 Å². The molecule has 0 saturated carbocycles. The Bertz CT molecular complexity index is 496. The smallest absolute Gasteiger partial charge is 0.317 e. The van der Waals surface area contributed by atoms with E-state index in [2.05, 4.69) is 15.2 Å². The number of amides is 2. The number of urea groups is 1. The molecular formula is C19H33N5O. The van der Waals surface area contributed by atoms with Crippen LogP contribution in [0.15, 0.2) is 18.7 Å². The van der Waals surface area contributed by atoms with Gasteiger partial charge in [-0.05, 0) is 51.1 Å². The van der Waals surface area contributed by atoms with Crippen LogP contribution in [0.3, 0.4) is 0 Å². The van der Waals surface area contributed by atoms with Crippen molar-refractivity contribution in [3.8, 4) is 0 Å². The molecule has 2 saturated heterocycles. The van der Waals surface area contributed by atoms with E-state index in [1.54, 1.807) is 6.20 Å². The molecule has 1 atom stereocenters. The van der Waals surface area contributed by atoms with Gasteiger partial charge in [-0.15, -0.1) is 0 Å². The molecular weight excluding hydrogens is 314 g/mol. The van der Waals surface area contributed by atoms with Crippen LogP contribution in [0.25, 0.3) is 0 Å². The highest BCUT2D eigenvalue weighted by molar-refractivity contribution is 5.74. The molecule has 0 aliphatic carbocycles. The first-order chi connectivity index (χ1) is 12.3. The first kappa shape index (κ1) is 18.2. The van der Waals surface area contributed by atoms with Crippen LogP contribution >= 0.6 is 0 Å².